The van der Waals surface area contributed by atoms with Gasteiger partial charge in [-0.3, -0.25) is 9.59 Å². The number of carbonyl (C=O) groups is 2. The Balaban J connectivity index is 1.83. The van der Waals surface area contributed by atoms with Gasteiger partial charge in [0.05, 0.1) is 23.5 Å². The number of amides is 1. The van der Waals surface area contributed by atoms with E-state index in [0.717, 1.165) is 5.56 Å². The first-order valence-electron chi connectivity index (χ1n) is 7.24. The Morgan fingerprint density at radius 2 is 2.41 bits per heavy atom. The van der Waals surface area contributed by atoms with Crippen molar-refractivity contribution in [2.24, 2.45) is 11.3 Å². The van der Waals surface area contributed by atoms with Crippen LogP contribution >= 0.6 is 11.3 Å². The molecule has 120 valence electrons. The standard InChI is InChI=1S/C15H19NO5S/c1-20-7-10-2-5-22-12(10)13(17)16-6-11-8-21-4-3-15(11,9-16)14(18)19/h2,5,11H,3-4,6-9H2,1H3,(H,18,19)/t11-,15+/m0/s1. The van der Waals surface area contributed by atoms with E-state index in [1.54, 1.807) is 12.0 Å². The van der Waals surface area contributed by atoms with Crippen LogP contribution < -0.4 is 0 Å². The van der Waals surface area contributed by atoms with Crippen LogP contribution in [0.3, 0.4) is 0 Å². The molecule has 1 aromatic rings. The summed E-state index contributed by atoms with van der Waals surface area (Å²) in [5, 5.41) is 11.5. The van der Waals surface area contributed by atoms with Gasteiger partial charge in [0, 0.05) is 38.3 Å². The molecule has 6 nitrogen and oxygen atoms in total. The zero-order valence-corrected chi connectivity index (χ0v) is 13.2. The lowest BCUT2D eigenvalue weighted by molar-refractivity contribution is -0.157. The number of aliphatic carboxylic acids is 1. The molecule has 2 fully saturated rings. The highest BCUT2D eigenvalue weighted by Crippen LogP contribution is 2.43. The molecular formula is C15H19NO5S. The van der Waals surface area contributed by atoms with Gasteiger partial charge in [0.25, 0.3) is 5.91 Å². The molecule has 3 heterocycles. The summed E-state index contributed by atoms with van der Waals surface area (Å²) in [6.45, 7) is 1.94. The van der Waals surface area contributed by atoms with Crippen LogP contribution in [0, 0.1) is 11.3 Å². The summed E-state index contributed by atoms with van der Waals surface area (Å²) in [6, 6.07) is 1.88. The second kappa shape index (κ2) is 5.98. The van der Waals surface area contributed by atoms with Gasteiger partial charge in [0.15, 0.2) is 0 Å². The number of carbonyl (C=O) groups excluding carboxylic acids is 1. The lowest BCUT2D eigenvalue weighted by Crippen LogP contribution is -2.45. The Morgan fingerprint density at radius 3 is 3.09 bits per heavy atom. The zero-order chi connectivity index (χ0) is 15.7. The van der Waals surface area contributed by atoms with Crippen LogP contribution in [0.1, 0.15) is 21.7 Å². The van der Waals surface area contributed by atoms with Crippen molar-refractivity contribution in [2.45, 2.75) is 13.0 Å². The first kappa shape index (κ1) is 15.5. The third kappa shape index (κ3) is 2.43. The monoisotopic (exact) mass is 325 g/mol. The van der Waals surface area contributed by atoms with Crippen LogP contribution in [0.15, 0.2) is 11.4 Å². The summed E-state index contributed by atoms with van der Waals surface area (Å²) in [6.07, 6.45) is 0.464. The van der Waals surface area contributed by atoms with Gasteiger partial charge >= 0.3 is 5.97 Å². The Bertz CT molecular complexity index is 586. The van der Waals surface area contributed by atoms with Crippen LogP contribution in [-0.4, -0.2) is 55.3 Å². The van der Waals surface area contributed by atoms with Crippen molar-refractivity contribution in [2.75, 3.05) is 33.4 Å². The summed E-state index contributed by atoms with van der Waals surface area (Å²) >= 11 is 1.38. The quantitative estimate of drug-likeness (QED) is 0.907. The van der Waals surface area contributed by atoms with Gasteiger partial charge < -0.3 is 19.5 Å². The number of thiophene rings is 1. The van der Waals surface area contributed by atoms with Crippen LogP contribution in [-0.2, 0) is 20.9 Å². The second-order valence-electron chi connectivity index (χ2n) is 5.88. The van der Waals surface area contributed by atoms with Crippen LogP contribution in [0.5, 0.6) is 0 Å². The van der Waals surface area contributed by atoms with Gasteiger partial charge in [-0.15, -0.1) is 11.3 Å². The average molecular weight is 325 g/mol. The van der Waals surface area contributed by atoms with E-state index < -0.39 is 11.4 Å². The first-order chi connectivity index (χ1) is 10.6. The molecule has 3 rings (SSSR count). The van der Waals surface area contributed by atoms with Crippen molar-refractivity contribution in [1.29, 1.82) is 0 Å². The molecule has 22 heavy (non-hydrogen) atoms. The predicted molar refractivity (Wildman–Crippen MR) is 79.9 cm³/mol. The van der Waals surface area contributed by atoms with E-state index >= 15 is 0 Å². The number of carboxylic acids is 1. The molecule has 0 aliphatic carbocycles. The van der Waals surface area contributed by atoms with Crippen molar-refractivity contribution < 1.29 is 24.2 Å². The molecule has 0 saturated carbocycles. The zero-order valence-electron chi connectivity index (χ0n) is 12.4. The van der Waals surface area contributed by atoms with E-state index in [1.165, 1.54) is 11.3 Å². The number of hydrogen-bond donors (Lipinski definition) is 1. The molecule has 7 heteroatoms. The third-order valence-corrected chi connectivity index (χ3v) is 5.61. The molecule has 2 atom stereocenters. The maximum Gasteiger partial charge on any atom is 0.311 e. The fourth-order valence-corrected chi connectivity index (χ4v) is 4.27. The van der Waals surface area contributed by atoms with Gasteiger partial charge in [-0.2, -0.15) is 0 Å². The Morgan fingerprint density at radius 1 is 1.59 bits per heavy atom. The van der Waals surface area contributed by atoms with E-state index in [4.69, 9.17) is 9.47 Å². The molecule has 2 aliphatic rings. The van der Waals surface area contributed by atoms with E-state index in [2.05, 4.69) is 0 Å². The van der Waals surface area contributed by atoms with Gasteiger partial charge in [-0.05, 0) is 17.9 Å². The number of fused-ring (bicyclic) bond motifs is 1. The molecule has 2 aliphatic heterocycles. The third-order valence-electron chi connectivity index (χ3n) is 4.66. The fourth-order valence-electron chi connectivity index (χ4n) is 3.39. The number of methoxy groups -OCH3 is 1. The van der Waals surface area contributed by atoms with Gasteiger partial charge in [-0.25, -0.2) is 0 Å². The maximum absolute atomic E-state index is 12.8. The molecule has 0 unspecified atom stereocenters. The van der Waals surface area contributed by atoms with Crippen molar-refractivity contribution in [1.82, 2.24) is 4.90 Å². The molecule has 0 spiro atoms. The number of ether oxygens (including phenoxy) is 2. The van der Waals surface area contributed by atoms with Gasteiger partial charge in [-0.1, -0.05) is 0 Å². The smallest absolute Gasteiger partial charge is 0.311 e. The first-order valence-corrected chi connectivity index (χ1v) is 8.12. The number of nitrogens with zero attached hydrogens (tertiary/aromatic N) is 1. The number of likely N-dealkylation sites (tertiary alicyclic amines) is 1. The topological polar surface area (TPSA) is 76.1 Å². The minimum absolute atomic E-state index is 0.0999. The fraction of sp³-hybridized carbons (Fsp3) is 0.600. The van der Waals surface area contributed by atoms with E-state index in [9.17, 15) is 14.7 Å². The van der Waals surface area contributed by atoms with Crippen molar-refractivity contribution in [3.05, 3.63) is 21.9 Å². The molecule has 0 bridgehead atoms. The highest BCUT2D eigenvalue weighted by Gasteiger charge is 2.55. The summed E-state index contributed by atoms with van der Waals surface area (Å²) in [7, 11) is 1.59. The summed E-state index contributed by atoms with van der Waals surface area (Å²) in [5.41, 5.74) is 0.0000526. The largest absolute Gasteiger partial charge is 0.481 e. The Labute approximate surface area is 132 Å². The molecule has 1 N–H and O–H groups in total. The number of carboxylic acid groups (broad SMARTS) is 1. The van der Waals surface area contributed by atoms with E-state index in [-0.39, 0.29) is 18.4 Å². The highest BCUT2D eigenvalue weighted by atomic mass is 32.1. The number of hydrogen-bond acceptors (Lipinski definition) is 5. The van der Waals surface area contributed by atoms with Crippen molar-refractivity contribution >= 4 is 23.2 Å². The highest BCUT2D eigenvalue weighted by molar-refractivity contribution is 7.12. The van der Waals surface area contributed by atoms with Crippen molar-refractivity contribution in [3.8, 4) is 0 Å². The summed E-state index contributed by atoms with van der Waals surface area (Å²) in [5.74, 6) is -1.05. The van der Waals surface area contributed by atoms with Gasteiger partial charge in [0.1, 0.15) is 0 Å². The van der Waals surface area contributed by atoms with E-state index in [1.807, 2.05) is 11.4 Å². The normalized spacial score (nSPS) is 27.7. The lowest BCUT2D eigenvalue weighted by Gasteiger charge is -2.33. The molecule has 2 saturated heterocycles. The van der Waals surface area contributed by atoms with Gasteiger partial charge in [0.2, 0.25) is 0 Å². The molecular weight excluding hydrogens is 306 g/mol. The molecule has 0 radical (unpaired) electrons. The maximum atomic E-state index is 12.8. The number of rotatable bonds is 4. The van der Waals surface area contributed by atoms with Crippen LogP contribution in [0.25, 0.3) is 0 Å². The Hall–Kier alpha value is -1.44. The molecule has 1 aromatic heterocycles. The molecule has 0 aromatic carbocycles. The minimum Gasteiger partial charge on any atom is -0.481 e. The van der Waals surface area contributed by atoms with Crippen LogP contribution in [0.4, 0.5) is 0 Å². The minimum atomic E-state index is -0.855. The summed E-state index contributed by atoms with van der Waals surface area (Å²) < 4.78 is 10.5. The second-order valence-corrected chi connectivity index (χ2v) is 6.79. The van der Waals surface area contributed by atoms with E-state index in [0.29, 0.717) is 37.7 Å². The lowest BCUT2D eigenvalue weighted by atomic mass is 9.74. The SMILES string of the molecule is COCc1ccsc1C(=O)N1C[C@H]2COCC[C@@]2(C(=O)O)C1. The summed E-state index contributed by atoms with van der Waals surface area (Å²) in [4.78, 5) is 26.8. The Kier molecular flexibility index (Phi) is 4.20. The van der Waals surface area contributed by atoms with Crippen LogP contribution in [0.2, 0.25) is 0 Å². The predicted octanol–water partition coefficient (Wildman–Crippen LogP) is 1.46. The average Bonchev–Trinajstić information content (AvgIpc) is 3.11. The van der Waals surface area contributed by atoms with Crippen molar-refractivity contribution in [3.63, 3.8) is 0 Å². The molecule has 1 amide bonds.